The second-order valence-corrected chi connectivity index (χ2v) is 14.5. The fourth-order valence-corrected chi connectivity index (χ4v) is 8.61. The quantitative estimate of drug-likeness (QED) is 0.181. The van der Waals surface area contributed by atoms with Gasteiger partial charge in [-0.25, -0.2) is 9.97 Å². The van der Waals surface area contributed by atoms with Crippen molar-refractivity contribution in [2.45, 2.75) is 19.3 Å². The standard InChI is InChI=1S/C51H36N2/c1-51(2)46-28-11-10-24-42(46)45-27-14-25-39(49(45)51)36-20-12-19-35(31-36)38-29-30-44(41-23-9-8-22-40(38)41)48-32-47(52-50(53-48)34-16-4-3-5-17-34)43-26-13-18-33-15-6-7-21-37(33)43/h3-32H,1-2H3. The lowest BCUT2D eigenvalue weighted by Gasteiger charge is -2.24. The zero-order chi connectivity index (χ0) is 35.5. The van der Waals surface area contributed by atoms with E-state index in [9.17, 15) is 0 Å². The average Bonchev–Trinajstić information content (AvgIpc) is 3.46. The maximum atomic E-state index is 5.24. The van der Waals surface area contributed by atoms with Crippen molar-refractivity contribution >= 4 is 21.5 Å². The van der Waals surface area contributed by atoms with Crippen LogP contribution in [0.4, 0.5) is 0 Å². The van der Waals surface area contributed by atoms with E-state index < -0.39 is 0 Å². The lowest BCUT2D eigenvalue weighted by Crippen LogP contribution is -2.16. The fraction of sp³-hybridized carbons (Fsp3) is 0.0588. The van der Waals surface area contributed by atoms with Crippen LogP contribution in [0.1, 0.15) is 25.0 Å². The molecule has 9 aromatic rings. The highest BCUT2D eigenvalue weighted by molar-refractivity contribution is 6.05. The summed E-state index contributed by atoms with van der Waals surface area (Å²) in [5.74, 6) is 0.715. The Balaban J connectivity index is 1.13. The first-order chi connectivity index (χ1) is 26.0. The average molecular weight is 677 g/mol. The van der Waals surface area contributed by atoms with E-state index in [2.05, 4.69) is 178 Å². The molecule has 1 heterocycles. The van der Waals surface area contributed by atoms with E-state index >= 15 is 0 Å². The molecule has 8 aromatic carbocycles. The Bertz CT molecular complexity index is 2860. The van der Waals surface area contributed by atoms with Crippen molar-refractivity contribution in [3.05, 3.63) is 193 Å². The Kier molecular flexibility index (Phi) is 7.19. The smallest absolute Gasteiger partial charge is 0.160 e. The van der Waals surface area contributed by atoms with Crippen molar-refractivity contribution in [1.29, 1.82) is 0 Å². The Labute approximate surface area is 310 Å². The van der Waals surface area contributed by atoms with Gasteiger partial charge >= 0.3 is 0 Å². The molecule has 10 rings (SSSR count). The van der Waals surface area contributed by atoms with Gasteiger partial charge in [-0.2, -0.15) is 0 Å². The Morgan fingerprint density at radius 3 is 1.68 bits per heavy atom. The first kappa shape index (κ1) is 31.1. The van der Waals surface area contributed by atoms with E-state index in [1.165, 1.54) is 60.7 Å². The molecule has 0 spiro atoms. The minimum Gasteiger partial charge on any atom is -0.228 e. The van der Waals surface area contributed by atoms with Crippen LogP contribution in [0.15, 0.2) is 182 Å². The molecule has 0 aliphatic heterocycles. The van der Waals surface area contributed by atoms with Crippen LogP contribution in [0.2, 0.25) is 0 Å². The molecular formula is C51H36N2. The number of aromatic nitrogens is 2. The first-order valence-electron chi connectivity index (χ1n) is 18.3. The summed E-state index contributed by atoms with van der Waals surface area (Å²) >= 11 is 0. The molecular weight excluding hydrogens is 641 g/mol. The normalized spacial score (nSPS) is 12.9. The van der Waals surface area contributed by atoms with Crippen LogP contribution in [-0.4, -0.2) is 9.97 Å². The van der Waals surface area contributed by atoms with Gasteiger partial charge in [0.25, 0.3) is 0 Å². The molecule has 0 saturated carbocycles. The Hall–Kier alpha value is -6.64. The molecule has 2 nitrogen and oxygen atoms in total. The van der Waals surface area contributed by atoms with E-state index in [1.807, 2.05) is 18.2 Å². The van der Waals surface area contributed by atoms with E-state index in [0.717, 1.165) is 33.5 Å². The summed E-state index contributed by atoms with van der Waals surface area (Å²) in [5, 5.41) is 4.72. The maximum Gasteiger partial charge on any atom is 0.160 e. The third-order valence-electron chi connectivity index (χ3n) is 11.1. The van der Waals surface area contributed by atoms with E-state index in [1.54, 1.807) is 0 Å². The SMILES string of the molecule is CC1(C)c2ccccc2-c2cccc(-c3cccc(-c4ccc(-c5cc(-c6cccc7ccccc67)nc(-c6ccccc6)n5)c5ccccc45)c3)c21. The molecule has 0 N–H and O–H groups in total. The molecule has 1 aromatic heterocycles. The molecule has 0 amide bonds. The van der Waals surface area contributed by atoms with Crippen LogP contribution in [0.25, 0.3) is 88.8 Å². The lowest BCUT2D eigenvalue weighted by atomic mass is 9.78. The maximum absolute atomic E-state index is 5.24. The van der Waals surface area contributed by atoms with Crippen molar-refractivity contribution in [1.82, 2.24) is 9.97 Å². The summed E-state index contributed by atoms with van der Waals surface area (Å²) in [5.41, 5.74) is 15.3. The zero-order valence-corrected chi connectivity index (χ0v) is 29.7. The van der Waals surface area contributed by atoms with Gasteiger partial charge in [0, 0.05) is 22.1 Å². The molecule has 53 heavy (non-hydrogen) atoms. The highest BCUT2D eigenvalue weighted by atomic mass is 14.9. The Morgan fingerprint density at radius 1 is 0.358 bits per heavy atom. The number of benzene rings is 8. The van der Waals surface area contributed by atoms with Crippen molar-refractivity contribution < 1.29 is 0 Å². The van der Waals surface area contributed by atoms with Crippen LogP contribution in [0.3, 0.4) is 0 Å². The molecule has 0 saturated heterocycles. The van der Waals surface area contributed by atoms with Gasteiger partial charge in [0.15, 0.2) is 5.82 Å². The van der Waals surface area contributed by atoms with Crippen molar-refractivity contribution in [3.63, 3.8) is 0 Å². The molecule has 1 aliphatic rings. The minimum atomic E-state index is -0.0894. The predicted molar refractivity (Wildman–Crippen MR) is 222 cm³/mol. The number of fused-ring (bicyclic) bond motifs is 5. The molecule has 0 atom stereocenters. The van der Waals surface area contributed by atoms with E-state index in [0.29, 0.717) is 5.82 Å². The second kappa shape index (κ2) is 12.3. The summed E-state index contributed by atoms with van der Waals surface area (Å²) in [7, 11) is 0. The minimum absolute atomic E-state index is 0.0894. The highest BCUT2D eigenvalue weighted by Gasteiger charge is 2.37. The summed E-state index contributed by atoms with van der Waals surface area (Å²) in [4.78, 5) is 10.4. The number of rotatable bonds is 5. The third kappa shape index (κ3) is 5.10. The van der Waals surface area contributed by atoms with Crippen molar-refractivity contribution in [3.8, 4) is 67.3 Å². The fourth-order valence-electron chi connectivity index (χ4n) is 8.61. The van der Waals surface area contributed by atoms with Crippen LogP contribution in [0.5, 0.6) is 0 Å². The van der Waals surface area contributed by atoms with Gasteiger partial charge in [-0.1, -0.05) is 184 Å². The van der Waals surface area contributed by atoms with Gasteiger partial charge in [0.05, 0.1) is 11.4 Å². The zero-order valence-electron chi connectivity index (χ0n) is 29.7. The lowest BCUT2D eigenvalue weighted by molar-refractivity contribution is 0.662. The highest BCUT2D eigenvalue weighted by Crippen LogP contribution is 2.52. The number of hydrogen-bond acceptors (Lipinski definition) is 2. The summed E-state index contributed by atoms with van der Waals surface area (Å²) < 4.78 is 0. The van der Waals surface area contributed by atoms with Crippen LogP contribution >= 0.6 is 0 Å². The van der Waals surface area contributed by atoms with Crippen LogP contribution in [0, 0.1) is 0 Å². The first-order valence-corrected chi connectivity index (χ1v) is 18.3. The van der Waals surface area contributed by atoms with Crippen molar-refractivity contribution in [2.24, 2.45) is 0 Å². The monoisotopic (exact) mass is 676 g/mol. The number of hydrogen-bond donors (Lipinski definition) is 0. The largest absolute Gasteiger partial charge is 0.228 e. The van der Waals surface area contributed by atoms with Gasteiger partial charge in [-0.05, 0) is 78.2 Å². The summed E-state index contributed by atoms with van der Waals surface area (Å²) in [6.07, 6.45) is 0. The molecule has 0 unspecified atom stereocenters. The summed E-state index contributed by atoms with van der Waals surface area (Å²) in [6.45, 7) is 4.72. The molecule has 0 bridgehead atoms. The van der Waals surface area contributed by atoms with Crippen molar-refractivity contribution in [2.75, 3.05) is 0 Å². The van der Waals surface area contributed by atoms with E-state index in [-0.39, 0.29) is 5.41 Å². The summed E-state index contributed by atoms with van der Waals surface area (Å²) in [6, 6.07) is 65.4. The van der Waals surface area contributed by atoms with Gasteiger partial charge in [-0.15, -0.1) is 0 Å². The van der Waals surface area contributed by atoms with Gasteiger partial charge in [0.1, 0.15) is 0 Å². The second-order valence-electron chi connectivity index (χ2n) is 14.5. The van der Waals surface area contributed by atoms with Crippen LogP contribution < -0.4 is 0 Å². The molecule has 2 heteroatoms. The molecule has 1 aliphatic carbocycles. The molecule has 0 fully saturated rings. The van der Waals surface area contributed by atoms with E-state index in [4.69, 9.17) is 9.97 Å². The van der Waals surface area contributed by atoms with Gasteiger partial charge in [-0.3, -0.25) is 0 Å². The van der Waals surface area contributed by atoms with Gasteiger partial charge in [0.2, 0.25) is 0 Å². The predicted octanol–water partition coefficient (Wildman–Crippen LogP) is 13.4. The Morgan fingerprint density at radius 2 is 0.868 bits per heavy atom. The van der Waals surface area contributed by atoms with Gasteiger partial charge < -0.3 is 0 Å². The topological polar surface area (TPSA) is 25.8 Å². The van der Waals surface area contributed by atoms with Crippen LogP contribution in [-0.2, 0) is 5.41 Å². The third-order valence-corrected chi connectivity index (χ3v) is 11.1. The number of nitrogens with zero attached hydrogens (tertiary/aromatic N) is 2. The molecule has 250 valence electrons. The molecule has 0 radical (unpaired) electrons.